The van der Waals surface area contributed by atoms with Crippen LogP contribution in [0.25, 0.3) is 22.3 Å². The summed E-state index contributed by atoms with van der Waals surface area (Å²) >= 11 is 0. The van der Waals surface area contributed by atoms with E-state index in [1.54, 1.807) is 18.2 Å². The number of carbonyl (C=O) groups is 2. The number of amides is 1. The highest BCUT2D eigenvalue weighted by molar-refractivity contribution is 6.00. The Hall–Kier alpha value is -3.63. The van der Waals surface area contributed by atoms with E-state index >= 15 is 0 Å². The fraction of sp³-hybridized carbons (Fsp3) is 0.440. The molecule has 0 spiro atoms. The van der Waals surface area contributed by atoms with Gasteiger partial charge in [0.05, 0.1) is 28.2 Å². The summed E-state index contributed by atoms with van der Waals surface area (Å²) in [7, 11) is 0. The molecule has 1 aliphatic heterocycles. The van der Waals surface area contributed by atoms with Gasteiger partial charge in [-0.1, -0.05) is 31.4 Å². The summed E-state index contributed by atoms with van der Waals surface area (Å²) in [6.45, 7) is 4.21. The number of anilines is 1. The van der Waals surface area contributed by atoms with Crippen molar-refractivity contribution in [2.24, 2.45) is 0 Å². The summed E-state index contributed by atoms with van der Waals surface area (Å²) in [6, 6.07) is 6.55. The third-order valence-electron chi connectivity index (χ3n) is 6.88. The summed E-state index contributed by atoms with van der Waals surface area (Å²) < 4.78 is 40.1. The smallest absolute Gasteiger partial charge is 0.363 e. The van der Waals surface area contributed by atoms with Crippen LogP contribution in [0.4, 0.5) is 19.0 Å². The number of benzene rings is 1. The van der Waals surface area contributed by atoms with Crippen LogP contribution in [0.1, 0.15) is 60.8 Å². The van der Waals surface area contributed by atoms with Gasteiger partial charge in [-0.2, -0.15) is 17.9 Å². The molecule has 3 aromatic rings. The predicted molar refractivity (Wildman–Crippen MR) is 126 cm³/mol. The molecule has 1 saturated carbocycles. The highest BCUT2D eigenvalue weighted by Crippen LogP contribution is 2.35. The highest BCUT2D eigenvalue weighted by atomic mass is 19.4. The maximum atomic E-state index is 13.1. The van der Waals surface area contributed by atoms with Crippen LogP contribution in [0.3, 0.4) is 0 Å². The van der Waals surface area contributed by atoms with Crippen molar-refractivity contribution in [3.63, 3.8) is 0 Å². The molecule has 0 unspecified atom stereocenters. The number of para-hydroxylation sites is 1. The van der Waals surface area contributed by atoms with Gasteiger partial charge in [0.25, 0.3) is 5.91 Å². The van der Waals surface area contributed by atoms with Crippen molar-refractivity contribution in [3.05, 3.63) is 41.2 Å². The molecule has 1 fully saturated rings. The first-order chi connectivity index (χ1) is 17.1. The van der Waals surface area contributed by atoms with Crippen LogP contribution in [0.2, 0.25) is 0 Å². The molecule has 11 heteroatoms. The molecule has 2 aliphatic rings. The van der Waals surface area contributed by atoms with E-state index in [4.69, 9.17) is 9.82 Å². The van der Waals surface area contributed by atoms with E-state index in [0.29, 0.717) is 28.1 Å². The highest BCUT2D eigenvalue weighted by Gasteiger charge is 2.43. The van der Waals surface area contributed by atoms with Crippen molar-refractivity contribution in [1.29, 1.82) is 0 Å². The lowest BCUT2D eigenvalue weighted by Crippen LogP contribution is -2.37. The van der Waals surface area contributed by atoms with Gasteiger partial charge in [-0.25, -0.2) is 14.8 Å². The summed E-state index contributed by atoms with van der Waals surface area (Å²) in [6.07, 6.45) is 0.398. The minimum atomic E-state index is -5.20. The topological polar surface area (TPSA) is 98.1 Å². The van der Waals surface area contributed by atoms with E-state index in [9.17, 15) is 22.8 Å². The Balaban J connectivity index is 1.65. The van der Waals surface area contributed by atoms with Crippen LogP contribution >= 0.6 is 0 Å². The van der Waals surface area contributed by atoms with Gasteiger partial charge in [-0.3, -0.25) is 4.79 Å². The number of hydrogen-bond donors (Lipinski definition) is 2. The number of hydrogen-bond acceptors (Lipinski definition) is 6. The first kappa shape index (κ1) is 24.1. The first-order valence-corrected chi connectivity index (χ1v) is 11.9. The van der Waals surface area contributed by atoms with Crippen LogP contribution in [0.15, 0.2) is 24.3 Å². The summed E-state index contributed by atoms with van der Waals surface area (Å²) in [5, 5.41) is 6.20. The molecule has 2 N–H and O–H groups in total. The van der Waals surface area contributed by atoms with E-state index in [1.807, 2.05) is 6.92 Å². The third-order valence-corrected chi connectivity index (χ3v) is 6.88. The van der Waals surface area contributed by atoms with E-state index in [2.05, 4.69) is 22.5 Å². The van der Waals surface area contributed by atoms with Crippen LogP contribution in [-0.2, 0) is 11.2 Å². The monoisotopic (exact) mass is 501 g/mol. The largest absolute Gasteiger partial charge is 0.493 e. The van der Waals surface area contributed by atoms with Gasteiger partial charge in [0.1, 0.15) is 11.3 Å². The van der Waals surface area contributed by atoms with Crippen molar-refractivity contribution < 1.29 is 27.6 Å². The number of rotatable bonds is 4. The van der Waals surface area contributed by atoms with E-state index in [1.165, 1.54) is 12.5 Å². The number of alkyl halides is 3. The van der Waals surface area contributed by atoms with Crippen molar-refractivity contribution in [3.8, 4) is 11.3 Å². The second kappa shape index (κ2) is 8.79. The number of fused-ring (bicyclic) bond motifs is 2. The van der Waals surface area contributed by atoms with Crippen LogP contribution < -0.4 is 15.5 Å². The van der Waals surface area contributed by atoms with Crippen LogP contribution in [0.5, 0.6) is 0 Å². The average molecular weight is 502 g/mol. The molecule has 2 aromatic heterocycles. The zero-order valence-electron chi connectivity index (χ0n) is 20.0. The average Bonchev–Trinajstić information content (AvgIpc) is 3.18. The Morgan fingerprint density at radius 3 is 2.64 bits per heavy atom. The minimum Gasteiger partial charge on any atom is -0.363 e. The van der Waals surface area contributed by atoms with Crippen molar-refractivity contribution in [2.75, 3.05) is 11.9 Å². The Bertz CT molecular complexity index is 1360. The molecular weight excluding hydrogens is 475 g/mol. The lowest BCUT2D eigenvalue weighted by molar-refractivity contribution is -0.199. The Kier molecular flexibility index (Phi) is 5.88. The zero-order chi connectivity index (χ0) is 25.7. The SMILES string of the molecule is Cc1nc2cccc(-c3cc4c(n3OC(=O)C(F)(F)F)CCNC4=O)c2nc1NC1(C)CCCCC1. The van der Waals surface area contributed by atoms with Crippen molar-refractivity contribution >= 4 is 28.7 Å². The number of nitrogens with one attached hydrogen (secondary N) is 2. The molecule has 190 valence electrons. The maximum Gasteiger partial charge on any atom is 0.493 e. The quantitative estimate of drug-likeness (QED) is 0.552. The zero-order valence-corrected chi connectivity index (χ0v) is 20.0. The molecule has 3 heterocycles. The molecule has 1 aromatic carbocycles. The molecular formula is C25H26F3N5O3. The van der Waals surface area contributed by atoms with Gasteiger partial charge in [0.15, 0.2) is 0 Å². The molecule has 0 bridgehead atoms. The Morgan fingerprint density at radius 2 is 1.92 bits per heavy atom. The second-order valence-electron chi connectivity index (χ2n) is 9.64. The number of carbonyl (C=O) groups excluding carboxylic acids is 2. The van der Waals surface area contributed by atoms with Gasteiger partial charge in [0.2, 0.25) is 0 Å². The second-order valence-corrected chi connectivity index (χ2v) is 9.64. The van der Waals surface area contributed by atoms with E-state index < -0.39 is 18.1 Å². The number of aryl methyl sites for hydroxylation is 1. The molecule has 0 radical (unpaired) electrons. The van der Waals surface area contributed by atoms with Gasteiger partial charge in [0, 0.05) is 24.1 Å². The number of halogens is 3. The predicted octanol–water partition coefficient (Wildman–Crippen LogP) is 4.34. The standard InChI is InChI=1S/C25H26F3N5O3/c1-14-21(32-24(2)10-4-3-5-11-24)31-20-15(7-6-8-17(20)30-14)19-13-16-18(9-12-29-22(16)34)33(19)36-23(35)25(26,27)28/h6-8,13H,3-5,9-12H2,1-2H3,(H,29,34)(H,31,32). The molecule has 0 atom stereocenters. The van der Waals surface area contributed by atoms with Gasteiger partial charge in [-0.05, 0) is 38.8 Å². The molecule has 36 heavy (non-hydrogen) atoms. The number of aromatic nitrogens is 3. The fourth-order valence-corrected chi connectivity index (χ4v) is 5.02. The molecule has 0 saturated heterocycles. The molecule has 1 amide bonds. The Labute approximate surface area is 205 Å². The molecule has 8 nitrogen and oxygen atoms in total. The van der Waals surface area contributed by atoms with E-state index in [0.717, 1.165) is 30.4 Å². The lowest BCUT2D eigenvalue weighted by Gasteiger charge is -2.35. The van der Waals surface area contributed by atoms with Crippen molar-refractivity contribution in [1.82, 2.24) is 20.0 Å². The van der Waals surface area contributed by atoms with Gasteiger partial charge >= 0.3 is 12.1 Å². The maximum absolute atomic E-state index is 13.1. The van der Waals surface area contributed by atoms with Gasteiger partial charge in [-0.15, -0.1) is 0 Å². The molecule has 5 rings (SSSR count). The third kappa shape index (κ3) is 4.38. The van der Waals surface area contributed by atoms with Crippen LogP contribution in [0, 0.1) is 6.92 Å². The van der Waals surface area contributed by atoms with Crippen molar-refractivity contribution in [2.45, 2.75) is 64.1 Å². The van der Waals surface area contributed by atoms with E-state index in [-0.39, 0.29) is 35.5 Å². The fourth-order valence-electron chi connectivity index (χ4n) is 5.02. The summed E-state index contributed by atoms with van der Waals surface area (Å²) in [5.41, 5.74) is 2.37. The lowest BCUT2D eigenvalue weighted by atomic mass is 9.83. The van der Waals surface area contributed by atoms with Gasteiger partial charge < -0.3 is 15.5 Å². The minimum absolute atomic E-state index is 0.119. The summed E-state index contributed by atoms with van der Waals surface area (Å²) in [4.78, 5) is 38.6. The molecule has 1 aliphatic carbocycles. The van der Waals surface area contributed by atoms with Crippen LogP contribution in [-0.4, -0.2) is 44.8 Å². The number of nitrogens with zero attached hydrogens (tertiary/aromatic N) is 3. The summed E-state index contributed by atoms with van der Waals surface area (Å²) in [5.74, 6) is -2.23. The Morgan fingerprint density at radius 1 is 1.17 bits per heavy atom. The first-order valence-electron chi connectivity index (χ1n) is 11.9. The normalized spacial score (nSPS) is 17.4.